The maximum absolute atomic E-state index is 13.1. The molecule has 0 saturated carbocycles. The third-order valence-electron chi connectivity index (χ3n) is 4.35. The molecule has 8 heteroatoms. The average Bonchev–Trinajstić information content (AvgIpc) is 2.97. The van der Waals surface area contributed by atoms with Crippen LogP contribution in [-0.2, 0) is 11.3 Å². The molecule has 124 valence electrons. The largest absolute Gasteiger partial charge is 0.586 e. The van der Waals surface area contributed by atoms with E-state index in [-0.39, 0.29) is 17.6 Å². The summed E-state index contributed by atoms with van der Waals surface area (Å²) in [6.07, 6.45) is -2.23. The molecular formula is C15H16F2N2O4. The molecule has 0 aliphatic carbocycles. The third-order valence-corrected chi connectivity index (χ3v) is 4.35. The van der Waals surface area contributed by atoms with Crippen molar-refractivity contribution in [3.05, 3.63) is 23.8 Å². The fourth-order valence-electron chi connectivity index (χ4n) is 3.41. The van der Waals surface area contributed by atoms with Crippen LogP contribution in [0.15, 0.2) is 18.2 Å². The van der Waals surface area contributed by atoms with E-state index in [9.17, 15) is 13.6 Å². The first-order chi connectivity index (χ1) is 10.9. The molecule has 2 fully saturated rings. The number of carbonyl (C=O) groups is 1. The van der Waals surface area contributed by atoms with E-state index >= 15 is 0 Å². The summed E-state index contributed by atoms with van der Waals surface area (Å²) >= 11 is 0. The van der Waals surface area contributed by atoms with Crippen LogP contribution in [0.1, 0.15) is 18.4 Å². The number of rotatable bonds is 2. The van der Waals surface area contributed by atoms with Crippen LogP contribution < -0.4 is 14.8 Å². The van der Waals surface area contributed by atoms with Crippen LogP contribution in [0.5, 0.6) is 11.5 Å². The van der Waals surface area contributed by atoms with E-state index in [2.05, 4.69) is 19.7 Å². The van der Waals surface area contributed by atoms with Crippen molar-refractivity contribution >= 4 is 6.09 Å². The van der Waals surface area contributed by atoms with Gasteiger partial charge in [0.1, 0.15) is 5.60 Å². The van der Waals surface area contributed by atoms with Gasteiger partial charge in [-0.1, -0.05) is 6.07 Å². The minimum Gasteiger partial charge on any atom is -0.440 e. The number of nitrogens with one attached hydrogen (secondary N) is 1. The van der Waals surface area contributed by atoms with Gasteiger partial charge >= 0.3 is 12.4 Å². The highest BCUT2D eigenvalue weighted by molar-refractivity contribution is 5.70. The lowest BCUT2D eigenvalue weighted by Crippen LogP contribution is -2.50. The summed E-state index contributed by atoms with van der Waals surface area (Å²) < 4.78 is 40.4. The Hall–Kier alpha value is -2.09. The number of hydrogen-bond acceptors (Lipinski definition) is 5. The van der Waals surface area contributed by atoms with Crippen molar-refractivity contribution in [1.82, 2.24) is 10.2 Å². The van der Waals surface area contributed by atoms with E-state index < -0.39 is 11.9 Å². The molecule has 3 aliphatic rings. The highest BCUT2D eigenvalue weighted by atomic mass is 19.3. The van der Waals surface area contributed by atoms with E-state index in [1.54, 1.807) is 12.1 Å². The number of piperidine rings is 1. The van der Waals surface area contributed by atoms with Gasteiger partial charge in [0.05, 0.1) is 6.54 Å². The average molecular weight is 326 g/mol. The van der Waals surface area contributed by atoms with Gasteiger partial charge in [-0.15, -0.1) is 8.78 Å². The van der Waals surface area contributed by atoms with Gasteiger partial charge in [-0.05, 0) is 37.1 Å². The van der Waals surface area contributed by atoms with Gasteiger partial charge in [0.15, 0.2) is 11.5 Å². The van der Waals surface area contributed by atoms with Crippen molar-refractivity contribution in [2.45, 2.75) is 31.3 Å². The summed E-state index contributed by atoms with van der Waals surface area (Å²) in [5, 5.41) is 2.70. The predicted octanol–water partition coefficient (Wildman–Crippen LogP) is 2.08. The van der Waals surface area contributed by atoms with Crippen molar-refractivity contribution < 1.29 is 27.8 Å². The molecule has 0 radical (unpaired) electrons. The van der Waals surface area contributed by atoms with E-state index in [1.807, 2.05) is 0 Å². The van der Waals surface area contributed by atoms with E-state index in [4.69, 9.17) is 4.74 Å². The Morgan fingerprint density at radius 1 is 1.22 bits per heavy atom. The lowest BCUT2D eigenvalue weighted by molar-refractivity contribution is -0.286. The van der Waals surface area contributed by atoms with Gasteiger partial charge in [-0.3, -0.25) is 4.90 Å². The summed E-state index contributed by atoms with van der Waals surface area (Å²) in [6, 6.07) is 4.79. The molecule has 1 N–H and O–H groups in total. The van der Waals surface area contributed by atoms with Gasteiger partial charge in [-0.25, -0.2) is 4.79 Å². The van der Waals surface area contributed by atoms with Gasteiger partial charge in [0, 0.05) is 13.1 Å². The van der Waals surface area contributed by atoms with E-state index in [1.165, 1.54) is 6.07 Å². The Kier molecular flexibility index (Phi) is 3.12. The second-order valence-corrected chi connectivity index (χ2v) is 6.19. The second-order valence-electron chi connectivity index (χ2n) is 6.19. The lowest BCUT2D eigenvalue weighted by atomic mass is 9.93. The number of halogens is 2. The zero-order valence-electron chi connectivity index (χ0n) is 12.3. The molecule has 1 atom stereocenters. The van der Waals surface area contributed by atoms with Crippen molar-refractivity contribution in [3.8, 4) is 11.5 Å². The highest BCUT2D eigenvalue weighted by Crippen LogP contribution is 2.41. The molecule has 0 bridgehead atoms. The minimum atomic E-state index is -3.60. The Bertz CT molecular complexity index is 654. The Morgan fingerprint density at radius 2 is 2.04 bits per heavy atom. The molecule has 23 heavy (non-hydrogen) atoms. The third kappa shape index (κ3) is 2.78. The van der Waals surface area contributed by atoms with Gasteiger partial charge in [-0.2, -0.15) is 0 Å². The zero-order valence-corrected chi connectivity index (χ0v) is 12.3. The highest BCUT2D eigenvalue weighted by Gasteiger charge is 2.45. The summed E-state index contributed by atoms with van der Waals surface area (Å²) in [5.41, 5.74) is 0.373. The summed E-state index contributed by atoms with van der Waals surface area (Å²) in [5.74, 6) is 0.0935. The Balaban J connectivity index is 1.46. The normalized spacial score (nSPS) is 28.7. The minimum absolute atomic E-state index is 0.0442. The molecule has 0 unspecified atom stereocenters. The molecule has 1 amide bonds. The molecular weight excluding hydrogens is 310 g/mol. The van der Waals surface area contributed by atoms with Crippen molar-refractivity contribution in [2.75, 3.05) is 19.6 Å². The molecule has 1 spiro atoms. The molecule has 0 aromatic heterocycles. The number of amides is 1. The van der Waals surface area contributed by atoms with Crippen LogP contribution in [-0.4, -0.2) is 42.5 Å². The van der Waals surface area contributed by atoms with Gasteiger partial charge < -0.3 is 19.5 Å². The lowest BCUT2D eigenvalue weighted by Gasteiger charge is -2.38. The monoisotopic (exact) mass is 326 g/mol. The van der Waals surface area contributed by atoms with Crippen LogP contribution >= 0.6 is 0 Å². The van der Waals surface area contributed by atoms with Crippen LogP contribution in [0.25, 0.3) is 0 Å². The number of fused-ring (bicyclic) bond motifs is 1. The number of alkyl halides is 2. The SMILES string of the molecule is O=C1NC[C@@]2(CCCN(Cc3ccc4c(c3)OC(F)(F)O4)C2)O1. The number of benzene rings is 1. The first kappa shape index (κ1) is 14.5. The second kappa shape index (κ2) is 4.95. The number of nitrogens with zero attached hydrogens (tertiary/aromatic N) is 1. The van der Waals surface area contributed by atoms with Crippen LogP contribution in [0.4, 0.5) is 13.6 Å². The fourth-order valence-corrected chi connectivity index (χ4v) is 3.41. The molecule has 6 nitrogen and oxygen atoms in total. The van der Waals surface area contributed by atoms with Crippen LogP contribution in [0.3, 0.4) is 0 Å². The number of ether oxygens (including phenoxy) is 3. The molecule has 1 aromatic rings. The smallest absolute Gasteiger partial charge is 0.440 e. The number of alkyl carbamates (subject to hydrolysis) is 1. The molecule has 4 rings (SSSR count). The first-order valence-electron chi connectivity index (χ1n) is 7.51. The van der Waals surface area contributed by atoms with E-state index in [0.29, 0.717) is 19.6 Å². The molecule has 2 saturated heterocycles. The maximum atomic E-state index is 13.1. The van der Waals surface area contributed by atoms with Gasteiger partial charge in [0.25, 0.3) is 0 Å². The number of carbonyl (C=O) groups excluding carboxylic acids is 1. The zero-order chi connectivity index (χ0) is 16.1. The Labute approximate surface area is 131 Å². The fraction of sp³-hybridized carbons (Fsp3) is 0.533. The topological polar surface area (TPSA) is 60.0 Å². The van der Waals surface area contributed by atoms with E-state index in [0.717, 1.165) is 24.9 Å². The van der Waals surface area contributed by atoms with Crippen molar-refractivity contribution in [2.24, 2.45) is 0 Å². The molecule has 1 aromatic carbocycles. The maximum Gasteiger partial charge on any atom is 0.586 e. The Morgan fingerprint density at radius 3 is 2.83 bits per heavy atom. The van der Waals surface area contributed by atoms with Crippen molar-refractivity contribution in [3.63, 3.8) is 0 Å². The first-order valence-corrected chi connectivity index (χ1v) is 7.51. The number of likely N-dealkylation sites (tertiary alicyclic amines) is 1. The summed E-state index contributed by atoms with van der Waals surface area (Å²) in [6.45, 7) is 2.57. The van der Waals surface area contributed by atoms with Gasteiger partial charge in [0.2, 0.25) is 0 Å². The molecule has 3 aliphatic heterocycles. The van der Waals surface area contributed by atoms with Crippen molar-refractivity contribution in [1.29, 1.82) is 0 Å². The molecule has 3 heterocycles. The quantitative estimate of drug-likeness (QED) is 0.902. The van der Waals surface area contributed by atoms with Crippen LogP contribution in [0, 0.1) is 0 Å². The summed E-state index contributed by atoms with van der Waals surface area (Å²) in [4.78, 5) is 13.5. The number of hydrogen-bond donors (Lipinski definition) is 1. The van der Waals surface area contributed by atoms with Crippen LogP contribution in [0.2, 0.25) is 0 Å². The summed E-state index contributed by atoms with van der Waals surface area (Å²) in [7, 11) is 0. The predicted molar refractivity (Wildman–Crippen MR) is 74.4 cm³/mol. The standard InChI is InChI=1S/C15H16F2N2O4/c16-15(17)21-11-3-2-10(6-12(11)22-15)7-19-5-1-4-14(9-19)8-18-13(20)23-14/h2-3,6H,1,4-5,7-9H2,(H,18,20)/t14-/m1/s1.